The van der Waals surface area contributed by atoms with E-state index in [9.17, 15) is 13.6 Å². The van der Waals surface area contributed by atoms with Crippen molar-refractivity contribution in [1.82, 2.24) is 0 Å². The molecule has 0 aliphatic heterocycles. The Kier molecular flexibility index (Phi) is 1.71. The van der Waals surface area contributed by atoms with Crippen LogP contribution in [0.25, 0.3) is 0 Å². The zero-order valence-electron chi connectivity index (χ0n) is 7.27. The van der Waals surface area contributed by atoms with E-state index in [4.69, 9.17) is 5.11 Å². The van der Waals surface area contributed by atoms with Crippen LogP contribution in [0.2, 0.25) is 0 Å². The van der Waals surface area contributed by atoms with E-state index in [1.165, 1.54) is 0 Å². The molecule has 1 fully saturated rings. The summed E-state index contributed by atoms with van der Waals surface area (Å²) in [7, 11) is 0. The molecule has 0 aromatic carbocycles. The molecule has 0 bridgehead atoms. The van der Waals surface area contributed by atoms with Crippen molar-refractivity contribution in [3.8, 4) is 0 Å². The van der Waals surface area contributed by atoms with Gasteiger partial charge in [0.15, 0.2) is 0 Å². The predicted octanol–water partition coefficient (Wildman–Crippen LogP) is 2.00. The first-order valence-electron chi connectivity index (χ1n) is 3.79. The van der Waals surface area contributed by atoms with Crippen LogP contribution in [0.4, 0.5) is 8.78 Å². The first kappa shape index (κ1) is 9.42. The maximum atomic E-state index is 12.8. The molecule has 2 unspecified atom stereocenters. The standard InChI is InChI=1S/C8H12F2O2/c1-7(2)4(6(11)12)5(7)8(3,9)10/h4-5H,1-3H3,(H,11,12). The molecule has 0 saturated heterocycles. The number of carboxylic acids is 1. The van der Waals surface area contributed by atoms with E-state index in [0.29, 0.717) is 0 Å². The highest BCUT2D eigenvalue weighted by molar-refractivity contribution is 5.75. The third-order valence-corrected chi connectivity index (χ3v) is 2.64. The second kappa shape index (κ2) is 2.18. The summed E-state index contributed by atoms with van der Waals surface area (Å²) in [5.41, 5.74) is -0.760. The van der Waals surface area contributed by atoms with Crippen molar-refractivity contribution in [2.24, 2.45) is 17.3 Å². The van der Waals surface area contributed by atoms with Gasteiger partial charge in [-0.2, -0.15) is 0 Å². The lowest BCUT2D eigenvalue weighted by Crippen LogP contribution is -2.17. The van der Waals surface area contributed by atoms with Crippen molar-refractivity contribution < 1.29 is 18.7 Å². The number of carboxylic acid groups (broad SMARTS) is 1. The molecule has 0 radical (unpaired) electrons. The summed E-state index contributed by atoms with van der Waals surface area (Å²) < 4.78 is 25.5. The zero-order valence-corrected chi connectivity index (χ0v) is 7.27. The molecule has 70 valence electrons. The summed E-state index contributed by atoms with van der Waals surface area (Å²) in [5.74, 6) is -5.90. The fourth-order valence-corrected chi connectivity index (χ4v) is 2.04. The lowest BCUT2D eigenvalue weighted by atomic mass is 10.1. The predicted molar refractivity (Wildman–Crippen MR) is 39.0 cm³/mol. The van der Waals surface area contributed by atoms with Gasteiger partial charge in [-0.15, -0.1) is 0 Å². The number of hydrogen-bond donors (Lipinski definition) is 1. The van der Waals surface area contributed by atoms with Gasteiger partial charge in [-0.05, 0) is 12.3 Å². The van der Waals surface area contributed by atoms with Crippen LogP contribution >= 0.6 is 0 Å². The average Bonchev–Trinajstić information content (AvgIpc) is 2.31. The first-order valence-corrected chi connectivity index (χ1v) is 3.79. The van der Waals surface area contributed by atoms with Crippen molar-refractivity contribution in [3.63, 3.8) is 0 Å². The maximum Gasteiger partial charge on any atom is 0.307 e. The fraction of sp³-hybridized carbons (Fsp3) is 0.875. The molecule has 1 N–H and O–H groups in total. The summed E-state index contributed by atoms with van der Waals surface area (Å²) in [6.07, 6.45) is 0. The highest BCUT2D eigenvalue weighted by atomic mass is 19.3. The Morgan fingerprint density at radius 3 is 2.00 bits per heavy atom. The summed E-state index contributed by atoms with van der Waals surface area (Å²) in [6, 6.07) is 0. The van der Waals surface area contributed by atoms with Crippen molar-refractivity contribution in [2.75, 3.05) is 0 Å². The molecule has 0 amide bonds. The number of rotatable bonds is 2. The molecule has 0 aromatic rings. The van der Waals surface area contributed by atoms with Crippen LogP contribution in [-0.2, 0) is 4.79 Å². The average molecular weight is 178 g/mol. The number of halogens is 2. The highest BCUT2D eigenvalue weighted by Crippen LogP contribution is 2.64. The van der Waals surface area contributed by atoms with Crippen LogP contribution in [0.1, 0.15) is 20.8 Å². The van der Waals surface area contributed by atoms with E-state index >= 15 is 0 Å². The molecule has 2 atom stereocenters. The Morgan fingerprint density at radius 1 is 1.50 bits per heavy atom. The minimum absolute atomic E-state index is 0.760. The van der Waals surface area contributed by atoms with Crippen LogP contribution in [0.5, 0.6) is 0 Å². The molecular formula is C8H12F2O2. The minimum Gasteiger partial charge on any atom is -0.481 e. The molecule has 0 spiro atoms. The van der Waals surface area contributed by atoms with E-state index in [2.05, 4.69) is 0 Å². The summed E-state index contributed by atoms with van der Waals surface area (Å²) in [4.78, 5) is 10.5. The van der Waals surface area contributed by atoms with Crippen LogP contribution < -0.4 is 0 Å². The smallest absolute Gasteiger partial charge is 0.307 e. The van der Waals surface area contributed by atoms with Crippen molar-refractivity contribution in [2.45, 2.75) is 26.7 Å². The van der Waals surface area contributed by atoms with Crippen LogP contribution in [0.15, 0.2) is 0 Å². The van der Waals surface area contributed by atoms with Gasteiger partial charge in [-0.1, -0.05) is 13.8 Å². The topological polar surface area (TPSA) is 37.3 Å². The largest absolute Gasteiger partial charge is 0.481 e. The quantitative estimate of drug-likeness (QED) is 0.702. The second-order valence-electron chi connectivity index (χ2n) is 4.07. The third kappa shape index (κ3) is 1.19. The van der Waals surface area contributed by atoms with Gasteiger partial charge in [-0.25, -0.2) is 8.78 Å². The van der Waals surface area contributed by atoms with Gasteiger partial charge in [0, 0.05) is 5.92 Å². The Hall–Kier alpha value is -0.670. The van der Waals surface area contributed by atoms with Crippen LogP contribution in [0, 0.1) is 17.3 Å². The van der Waals surface area contributed by atoms with Gasteiger partial charge in [-0.3, -0.25) is 4.79 Å². The van der Waals surface area contributed by atoms with Crippen molar-refractivity contribution in [3.05, 3.63) is 0 Å². The number of aliphatic carboxylic acids is 1. The van der Waals surface area contributed by atoms with E-state index in [-0.39, 0.29) is 0 Å². The molecule has 1 saturated carbocycles. The molecule has 0 aromatic heterocycles. The molecule has 12 heavy (non-hydrogen) atoms. The number of alkyl halides is 2. The lowest BCUT2D eigenvalue weighted by Gasteiger charge is -2.10. The normalized spacial score (nSPS) is 33.1. The van der Waals surface area contributed by atoms with Crippen molar-refractivity contribution in [1.29, 1.82) is 0 Å². The second-order valence-corrected chi connectivity index (χ2v) is 4.07. The van der Waals surface area contributed by atoms with Crippen LogP contribution in [0.3, 0.4) is 0 Å². The highest BCUT2D eigenvalue weighted by Gasteiger charge is 2.70. The van der Waals surface area contributed by atoms with E-state index in [1.807, 2.05) is 0 Å². The van der Waals surface area contributed by atoms with Gasteiger partial charge in [0.25, 0.3) is 0 Å². The third-order valence-electron chi connectivity index (χ3n) is 2.64. The Bertz CT molecular complexity index is 218. The Morgan fingerprint density at radius 2 is 1.92 bits per heavy atom. The van der Waals surface area contributed by atoms with Gasteiger partial charge in [0.1, 0.15) is 0 Å². The van der Waals surface area contributed by atoms with Gasteiger partial charge < -0.3 is 5.11 Å². The minimum atomic E-state index is -2.88. The summed E-state index contributed by atoms with van der Waals surface area (Å²) in [5, 5.41) is 8.59. The van der Waals surface area contributed by atoms with E-state index in [1.54, 1.807) is 13.8 Å². The fourth-order valence-electron chi connectivity index (χ4n) is 2.04. The van der Waals surface area contributed by atoms with E-state index in [0.717, 1.165) is 6.92 Å². The number of hydrogen-bond acceptors (Lipinski definition) is 1. The van der Waals surface area contributed by atoms with Crippen LogP contribution in [-0.4, -0.2) is 17.0 Å². The Balaban J connectivity index is 2.80. The Labute approximate surface area is 69.6 Å². The summed E-state index contributed by atoms with van der Waals surface area (Å²) in [6.45, 7) is 3.91. The van der Waals surface area contributed by atoms with Crippen molar-refractivity contribution >= 4 is 5.97 Å². The molecular weight excluding hydrogens is 166 g/mol. The zero-order chi connectivity index (χ0) is 9.73. The number of carbonyl (C=O) groups is 1. The van der Waals surface area contributed by atoms with E-state index < -0.39 is 29.1 Å². The molecule has 0 heterocycles. The molecule has 2 nitrogen and oxygen atoms in total. The molecule has 4 heteroatoms. The molecule has 1 rings (SSSR count). The maximum absolute atomic E-state index is 12.8. The van der Waals surface area contributed by atoms with Gasteiger partial charge in [0.05, 0.1) is 5.92 Å². The first-order chi connectivity index (χ1) is 5.19. The van der Waals surface area contributed by atoms with Gasteiger partial charge in [0.2, 0.25) is 5.92 Å². The molecule has 1 aliphatic rings. The SMILES string of the molecule is CC(F)(F)C1C(C(=O)O)C1(C)C. The van der Waals surface area contributed by atoms with Gasteiger partial charge >= 0.3 is 5.97 Å². The lowest BCUT2D eigenvalue weighted by molar-refractivity contribution is -0.140. The summed E-state index contributed by atoms with van der Waals surface area (Å²) >= 11 is 0. The molecule has 1 aliphatic carbocycles. The monoisotopic (exact) mass is 178 g/mol.